The summed E-state index contributed by atoms with van der Waals surface area (Å²) in [4.78, 5) is 12.0. The van der Waals surface area contributed by atoms with Gasteiger partial charge in [0.05, 0.1) is 10.6 Å². The predicted molar refractivity (Wildman–Crippen MR) is 79.3 cm³/mol. The normalized spacial score (nSPS) is 10.3. The molecule has 1 aromatic carbocycles. The van der Waals surface area contributed by atoms with E-state index < -0.39 is 5.91 Å². The minimum Gasteiger partial charge on any atom is -0.380 e. The van der Waals surface area contributed by atoms with Crippen LogP contribution in [0.2, 0.25) is 5.02 Å². The Morgan fingerprint density at radius 3 is 2.83 bits per heavy atom. The van der Waals surface area contributed by atoms with Crippen LogP contribution >= 0.6 is 38.9 Å². The molecule has 0 saturated heterocycles. The molecule has 0 radical (unpaired) electrons. The van der Waals surface area contributed by atoms with E-state index in [1.54, 1.807) is 11.4 Å². The summed E-state index contributed by atoms with van der Waals surface area (Å²) < 4.78 is 0.846. The van der Waals surface area contributed by atoms with Crippen molar-refractivity contribution >= 4 is 50.5 Å². The molecule has 1 amide bonds. The molecule has 2 rings (SSSR count). The Morgan fingerprint density at radius 2 is 2.22 bits per heavy atom. The fourth-order valence-corrected chi connectivity index (χ4v) is 2.71. The van der Waals surface area contributed by atoms with Gasteiger partial charge in [-0.1, -0.05) is 11.6 Å². The summed E-state index contributed by atoms with van der Waals surface area (Å²) in [6.07, 6.45) is 0. The van der Waals surface area contributed by atoms with Crippen molar-refractivity contribution in [2.75, 3.05) is 5.32 Å². The lowest BCUT2D eigenvalue weighted by Gasteiger charge is -2.05. The van der Waals surface area contributed by atoms with E-state index in [0.717, 1.165) is 15.0 Å². The first-order valence-electron chi connectivity index (χ1n) is 5.12. The number of amides is 1. The summed E-state index contributed by atoms with van der Waals surface area (Å²) in [5.41, 5.74) is 6.71. The molecule has 3 nitrogen and oxygen atoms in total. The number of hydrogen-bond donors (Lipinski definition) is 2. The summed E-state index contributed by atoms with van der Waals surface area (Å²) in [6.45, 7) is 0.645. The third-order valence-corrected chi connectivity index (χ3v) is 4.48. The van der Waals surface area contributed by atoms with Gasteiger partial charge in [-0.3, -0.25) is 4.79 Å². The molecule has 0 atom stereocenters. The molecule has 6 heteroatoms. The highest BCUT2D eigenvalue weighted by atomic mass is 79.9. The van der Waals surface area contributed by atoms with E-state index in [1.165, 1.54) is 11.3 Å². The average Bonchev–Trinajstić information content (AvgIpc) is 2.79. The van der Waals surface area contributed by atoms with E-state index in [0.29, 0.717) is 17.1 Å². The quantitative estimate of drug-likeness (QED) is 0.883. The lowest BCUT2D eigenvalue weighted by Crippen LogP contribution is -2.09. The van der Waals surface area contributed by atoms with Crippen LogP contribution in [0.1, 0.15) is 15.2 Å². The summed E-state index contributed by atoms with van der Waals surface area (Å²) in [5.74, 6) is -0.397. The molecule has 2 aromatic rings. The zero-order valence-corrected chi connectivity index (χ0v) is 12.4. The van der Waals surface area contributed by atoms with E-state index in [-0.39, 0.29) is 0 Å². The monoisotopic (exact) mass is 344 g/mol. The Hall–Kier alpha value is -1.04. The van der Waals surface area contributed by atoms with Crippen molar-refractivity contribution in [1.82, 2.24) is 0 Å². The lowest BCUT2D eigenvalue weighted by molar-refractivity contribution is 0.100. The molecule has 1 aromatic heterocycles. The van der Waals surface area contributed by atoms with Gasteiger partial charge in [0.2, 0.25) is 5.91 Å². The molecule has 0 spiro atoms. The second-order valence-corrected chi connectivity index (χ2v) is 5.91. The Labute approximate surface area is 122 Å². The molecular weight excluding hydrogens is 336 g/mol. The van der Waals surface area contributed by atoms with Gasteiger partial charge >= 0.3 is 0 Å². The number of carbonyl (C=O) groups is 1. The molecule has 0 aliphatic carbocycles. The van der Waals surface area contributed by atoms with Gasteiger partial charge in [-0.2, -0.15) is 0 Å². The summed E-state index contributed by atoms with van der Waals surface area (Å²) in [6, 6.07) is 7.42. The zero-order valence-electron chi connectivity index (χ0n) is 9.24. The van der Waals surface area contributed by atoms with Crippen LogP contribution in [-0.2, 0) is 6.54 Å². The van der Waals surface area contributed by atoms with Crippen molar-refractivity contribution in [1.29, 1.82) is 0 Å². The Morgan fingerprint density at radius 1 is 1.44 bits per heavy atom. The van der Waals surface area contributed by atoms with Gasteiger partial charge < -0.3 is 11.1 Å². The van der Waals surface area contributed by atoms with Crippen LogP contribution < -0.4 is 11.1 Å². The first-order valence-corrected chi connectivity index (χ1v) is 7.17. The first kappa shape index (κ1) is 13.4. The van der Waals surface area contributed by atoms with Crippen molar-refractivity contribution < 1.29 is 4.79 Å². The highest BCUT2D eigenvalue weighted by Crippen LogP contribution is 2.26. The number of nitrogens with two attached hydrogens (primary N) is 1. The van der Waals surface area contributed by atoms with Crippen molar-refractivity contribution in [3.63, 3.8) is 0 Å². The second kappa shape index (κ2) is 5.73. The van der Waals surface area contributed by atoms with Crippen LogP contribution in [0.5, 0.6) is 0 Å². The molecule has 94 valence electrons. The summed E-state index contributed by atoms with van der Waals surface area (Å²) in [7, 11) is 0. The number of anilines is 1. The molecule has 0 unspecified atom stereocenters. The van der Waals surface area contributed by atoms with Gasteiger partial charge in [0.1, 0.15) is 0 Å². The Bertz CT molecular complexity index is 585. The van der Waals surface area contributed by atoms with Gasteiger partial charge in [-0.25, -0.2) is 0 Å². The maximum absolute atomic E-state index is 11.0. The van der Waals surface area contributed by atoms with Crippen LogP contribution in [0.25, 0.3) is 0 Å². The molecule has 18 heavy (non-hydrogen) atoms. The minimum absolute atomic E-state index is 0.397. The van der Waals surface area contributed by atoms with Crippen LogP contribution in [0.3, 0.4) is 0 Å². The van der Waals surface area contributed by atoms with Crippen molar-refractivity contribution in [2.45, 2.75) is 6.54 Å². The summed E-state index contributed by atoms with van der Waals surface area (Å²) in [5, 5.41) is 5.69. The largest absolute Gasteiger partial charge is 0.380 e. The van der Waals surface area contributed by atoms with Crippen LogP contribution in [0.15, 0.2) is 34.1 Å². The van der Waals surface area contributed by atoms with Crippen molar-refractivity contribution in [3.8, 4) is 0 Å². The van der Waals surface area contributed by atoms with Gasteiger partial charge in [-0.05, 0) is 40.2 Å². The minimum atomic E-state index is -0.397. The highest BCUT2D eigenvalue weighted by molar-refractivity contribution is 9.10. The number of primary amides is 1. The number of halogens is 2. The predicted octanol–water partition coefficient (Wildman–Crippen LogP) is 3.88. The van der Waals surface area contributed by atoms with Crippen molar-refractivity contribution in [2.24, 2.45) is 5.73 Å². The van der Waals surface area contributed by atoms with E-state index in [4.69, 9.17) is 17.3 Å². The average molecular weight is 346 g/mol. The Kier molecular flexibility index (Phi) is 4.27. The smallest absolute Gasteiger partial charge is 0.249 e. The number of nitrogens with one attached hydrogen (secondary N) is 1. The lowest BCUT2D eigenvalue weighted by atomic mass is 10.3. The third kappa shape index (κ3) is 3.25. The molecule has 1 heterocycles. The summed E-state index contributed by atoms with van der Waals surface area (Å²) >= 11 is 10.8. The molecule has 0 aliphatic heterocycles. The van der Waals surface area contributed by atoms with E-state index in [1.807, 2.05) is 18.2 Å². The standard InChI is InChI=1S/C12H10BrClN2OS/c13-10-4-8(1-2-11(10)14)16-5-9-3-7(6-18-9)12(15)17/h1-4,6,16H,5H2,(H2,15,17). The third-order valence-electron chi connectivity index (χ3n) is 2.32. The fraction of sp³-hybridized carbons (Fsp3) is 0.0833. The molecule has 0 fully saturated rings. The van der Waals surface area contributed by atoms with Crippen molar-refractivity contribution in [3.05, 3.63) is 49.6 Å². The topological polar surface area (TPSA) is 55.1 Å². The van der Waals surface area contributed by atoms with Crippen LogP contribution in [-0.4, -0.2) is 5.91 Å². The van der Waals surface area contributed by atoms with Gasteiger partial charge in [-0.15, -0.1) is 11.3 Å². The maximum Gasteiger partial charge on any atom is 0.249 e. The molecular formula is C12H10BrClN2OS. The van der Waals surface area contributed by atoms with Gasteiger partial charge in [0, 0.05) is 27.0 Å². The fourth-order valence-electron chi connectivity index (χ4n) is 1.40. The Balaban J connectivity index is 2.02. The molecule has 0 aliphatic rings. The SMILES string of the molecule is NC(=O)c1csc(CNc2ccc(Cl)c(Br)c2)c1. The maximum atomic E-state index is 11.0. The van der Waals surface area contributed by atoms with E-state index in [2.05, 4.69) is 21.2 Å². The number of carbonyl (C=O) groups excluding carboxylic acids is 1. The molecule has 0 saturated carbocycles. The van der Waals surface area contributed by atoms with Gasteiger partial charge in [0.25, 0.3) is 0 Å². The highest BCUT2D eigenvalue weighted by Gasteiger charge is 2.05. The zero-order chi connectivity index (χ0) is 13.1. The number of thiophene rings is 1. The number of rotatable bonds is 4. The molecule has 0 bridgehead atoms. The van der Waals surface area contributed by atoms with Crippen LogP contribution in [0.4, 0.5) is 5.69 Å². The van der Waals surface area contributed by atoms with E-state index >= 15 is 0 Å². The van der Waals surface area contributed by atoms with E-state index in [9.17, 15) is 4.79 Å². The number of hydrogen-bond acceptors (Lipinski definition) is 3. The number of benzene rings is 1. The van der Waals surface area contributed by atoms with Crippen LogP contribution in [0, 0.1) is 0 Å². The second-order valence-electron chi connectivity index (χ2n) is 3.65. The molecule has 3 N–H and O–H groups in total. The first-order chi connectivity index (χ1) is 8.56. The van der Waals surface area contributed by atoms with Gasteiger partial charge in [0.15, 0.2) is 0 Å².